The summed E-state index contributed by atoms with van der Waals surface area (Å²) in [7, 11) is 2.03. The van der Waals surface area contributed by atoms with Crippen LogP contribution in [0.2, 0.25) is 0 Å². The number of phenols is 1. The number of halogens is 1. The molecular formula is C25H28FN7O2. The number of fused-ring (bicyclic) bond motifs is 1. The molecule has 4 aromatic rings. The molecule has 0 bridgehead atoms. The van der Waals surface area contributed by atoms with Gasteiger partial charge in [0.25, 0.3) is 0 Å². The second-order valence-electron chi connectivity index (χ2n) is 9.06. The van der Waals surface area contributed by atoms with Crippen molar-refractivity contribution in [1.82, 2.24) is 30.0 Å². The van der Waals surface area contributed by atoms with E-state index in [4.69, 9.17) is 5.73 Å². The summed E-state index contributed by atoms with van der Waals surface area (Å²) in [6, 6.07) is 8.17. The largest absolute Gasteiger partial charge is 0.505 e. The molecule has 10 heteroatoms. The number of hydrogen-bond donors (Lipinski definition) is 4. The summed E-state index contributed by atoms with van der Waals surface area (Å²) in [4.78, 5) is 23.6. The normalized spacial score (nSPS) is 16.8. The van der Waals surface area contributed by atoms with Crippen molar-refractivity contribution >= 4 is 16.9 Å². The molecule has 2 aromatic heterocycles. The Balaban J connectivity index is 1.42. The highest BCUT2D eigenvalue weighted by atomic mass is 19.1. The maximum atomic E-state index is 14.1. The molecule has 5 rings (SSSR count). The van der Waals surface area contributed by atoms with Gasteiger partial charge in [0.15, 0.2) is 17.4 Å². The lowest BCUT2D eigenvalue weighted by molar-refractivity contribution is 0.113. The quantitative estimate of drug-likeness (QED) is 0.351. The SMILES string of the molecule is CCc1cc(O)c(F)cc1-c1ccc2c(-c3ncc(CC4CN(C)CCN4C(N)=O)[nH]3)n[nH]c2c1. The first kappa shape index (κ1) is 22.9. The van der Waals surface area contributed by atoms with Gasteiger partial charge in [-0.15, -0.1) is 0 Å². The maximum absolute atomic E-state index is 14.1. The van der Waals surface area contributed by atoms with Crippen LogP contribution in [-0.2, 0) is 12.8 Å². The van der Waals surface area contributed by atoms with Gasteiger partial charge in [0.2, 0.25) is 0 Å². The Labute approximate surface area is 201 Å². The summed E-state index contributed by atoms with van der Waals surface area (Å²) in [6.07, 6.45) is 3.04. The van der Waals surface area contributed by atoms with Crippen LogP contribution in [0.3, 0.4) is 0 Å². The molecule has 1 aliphatic heterocycles. The van der Waals surface area contributed by atoms with E-state index in [0.29, 0.717) is 30.9 Å². The van der Waals surface area contributed by atoms with Crippen molar-refractivity contribution < 1.29 is 14.3 Å². The number of hydrogen-bond acceptors (Lipinski definition) is 5. The number of nitrogens with one attached hydrogen (secondary N) is 2. The molecule has 182 valence electrons. The van der Waals surface area contributed by atoms with Crippen molar-refractivity contribution in [2.45, 2.75) is 25.8 Å². The number of urea groups is 1. The highest BCUT2D eigenvalue weighted by Crippen LogP contribution is 2.33. The van der Waals surface area contributed by atoms with Gasteiger partial charge in [0, 0.05) is 43.3 Å². The second-order valence-corrected chi connectivity index (χ2v) is 9.06. The summed E-state index contributed by atoms with van der Waals surface area (Å²) in [5, 5.41) is 18.1. The van der Waals surface area contributed by atoms with E-state index >= 15 is 0 Å². The van der Waals surface area contributed by atoms with E-state index < -0.39 is 11.8 Å². The molecule has 5 N–H and O–H groups in total. The number of carbonyl (C=O) groups excluding carboxylic acids is 1. The molecule has 3 heterocycles. The van der Waals surface area contributed by atoms with Gasteiger partial charge in [-0.2, -0.15) is 5.10 Å². The van der Waals surface area contributed by atoms with Crippen LogP contribution in [0.15, 0.2) is 36.5 Å². The Morgan fingerprint density at radius 1 is 1.29 bits per heavy atom. The summed E-state index contributed by atoms with van der Waals surface area (Å²) in [6.45, 7) is 4.11. The predicted molar refractivity (Wildman–Crippen MR) is 131 cm³/mol. The lowest BCUT2D eigenvalue weighted by atomic mass is 9.96. The molecular weight excluding hydrogens is 449 g/mol. The van der Waals surface area contributed by atoms with Crippen molar-refractivity contribution in [3.63, 3.8) is 0 Å². The molecule has 1 atom stereocenters. The number of aromatic nitrogens is 4. The minimum Gasteiger partial charge on any atom is -0.505 e. The number of nitrogens with zero attached hydrogens (tertiary/aromatic N) is 4. The zero-order valence-corrected chi connectivity index (χ0v) is 19.7. The Morgan fingerprint density at radius 3 is 2.89 bits per heavy atom. The number of primary amides is 1. The fourth-order valence-corrected chi connectivity index (χ4v) is 4.85. The number of nitrogens with two attached hydrogens (primary N) is 1. The van der Waals surface area contributed by atoms with Crippen molar-refractivity contribution in [1.29, 1.82) is 0 Å². The maximum Gasteiger partial charge on any atom is 0.315 e. The fourth-order valence-electron chi connectivity index (χ4n) is 4.85. The van der Waals surface area contributed by atoms with Crippen LogP contribution in [0.5, 0.6) is 5.75 Å². The number of phenolic OH excluding ortho intramolecular Hbond substituents is 1. The lowest BCUT2D eigenvalue weighted by Gasteiger charge is -2.38. The predicted octanol–water partition coefficient (Wildman–Crippen LogP) is 3.26. The number of piperazine rings is 1. The average Bonchev–Trinajstić information content (AvgIpc) is 3.46. The number of amides is 2. The average molecular weight is 478 g/mol. The first-order valence-electron chi connectivity index (χ1n) is 11.6. The molecule has 0 spiro atoms. The molecule has 1 aliphatic rings. The van der Waals surface area contributed by atoms with Crippen LogP contribution in [0, 0.1) is 5.82 Å². The molecule has 1 unspecified atom stereocenters. The first-order chi connectivity index (χ1) is 16.8. The minimum absolute atomic E-state index is 0.0310. The number of likely N-dealkylation sites (N-methyl/N-ethyl adjacent to an activating group) is 1. The smallest absolute Gasteiger partial charge is 0.315 e. The second kappa shape index (κ2) is 9.03. The van der Waals surface area contributed by atoms with E-state index in [9.17, 15) is 14.3 Å². The minimum atomic E-state index is -0.648. The van der Waals surface area contributed by atoms with E-state index in [1.807, 2.05) is 32.2 Å². The summed E-state index contributed by atoms with van der Waals surface area (Å²) in [5.41, 5.74) is 10.4. The number of carbonyl (C=O) groups is 1. The molecule has 2 amide bonds. The number of aromatic hydroxyl groups is 1. The van der Waals surface area contributed by atoms with E-state index in [2.05, 4.69) is 25.1 Å². The van der Waals surface area contributed by atoms with Crippen LogP contribution >= 0.6 is 0 Å². The van der Waals surface area contributed by atoms with E-state index in [-0.39, 0.29) is 11.8 Å². The molecule has 1 saturated heterocycles. The Hall–Kier alpha value is -3.92. The van der Waals surface area contributed by atoms with Gasteiger partial charge in [-0.05, 0) is 54.4 Å². The zero-order chi connectivity index (χ0) is 24.7. The van der Waals surface area contributed by atoms with Gasteiger partial charge in [-0.1, -0.05) is 13.0 Å². The van der Waals surface area contributed by atoms with Gasteiger partial charge >= 0.3 is 6.03 Å². The number of aryl methyl sites for hydroxylation is 1. The number of H-pyrrole nitrogens is 2. The monoisotopic (exact) mass is 477 g/mol. The third-order valence-corrected chi connectivity index (χ3v) is 6.70. The first-order valence-corrected chi connectivity index (χ1v) is 11.6. The Kier molecular flexibility index (Phi) is 5.89. The summed E-state index contributed by atoms with van der Waals surface area (Å²) in [5.74, 6) is -0.369. The van der Waals surface area contributed by atoms with E-state index in [0.717, 1.165) is 46.4 Å². The molecule has 0 radical (unpaired) electrons. The molecule has 1 fully saturated rings. The molecule has 0 aliphatic carbocycles. The van der Waals surface area contributed by atoms with Crippen molar-refractivity contribution in [2.75, 3.05) is 26.7 Å². The van der Waals surface area contributed by atoms with Crippen LogP contribution in [0.1, 0.15) is 18.2 Å². The highest BCUT2D eigenvalue weighted by Gasteiger charge is 2.28. The standard InChI is InChI=1S/C25H28FN7O2/c1-3-14-9-22(34)20(26)11-19(14)15-4-5-18-21(8-15)30-31-23(18)24-28-12-16(29-24)10-17-13-32(2)6-7-33(17)25(27)35/h4-5,8-9,11-12,17,34H,3,6-7,10,13H2,1-2H3,(H2,27,35)(H,28,29)(H,30,31). The van der Waals surface area contributed by atoms with Gasteiger partial charge in [-0.3, -0.25) is 5.10 Å². The van der Waals surface area contributed by atoms with Crippen LogP contribution in [-0.4, -0.2) is 73.8 Å². The Bertz CT molecular complexity index is 1400. The lowest BCUT2D eigenvalue weighted by Crippen LogP contribution is -2.56. The van der Waals surface area contributed by atoms with Crippen molar-refractivity contribution in [2.24, 2.45) is 5.73 Å². The molecule has 35 heavy (non-hydrogen) atoms. The summed E-state index contributed by atoms with van der Waals surface area (Å²) >= 11 is 0. The third kappa shape index (κ3) is 4.32. The van der Waals surface area contributed by atoms with E-state index in [1.165, 1.54) is 12.1 Å². The number of imidazole rings is 1. The van der Waals surface area contributed by atoms with Crippen LogP contribution < -0.4 is 5.73 Å². The van der Waals surface area contributed by atoms with E-state index in [1.54, 1.807) is 11.1 Å². The number of benzene rings is 2. The number of aromatic amines is 2. The van der Waals surface area contributed by atoms with Gasteiger partial charge in [0.05, 0.1) is 11.6 Å². The number of rotatable bonds is 5. The summed E-state index contributed by atoms with van der Waals surface area (Å²) < 4.78 is 14.1. The van der Waals surface area contributed by atoms with Gasteiger partial charge in [0.1, 0.15) is 5.69 Å². The van der Waals surface area contributed by atoms with Crippen LogP contribution in [0.25, 0.3) is 33.5 Å². The van der Waals surface area contributed by atoms with Crippen molar-refractivity contribution in [3.05, 3.63) is 53.6 Å². The fraction of sp³-hybridized carbons (Fsp3) is 0.320. The third-order valence-electron chi connectivity index (χ3n) is 6.70. The van der Waals surface area contributed by atoms with Crippen LogP contribution in [0.4, 0.5) is 9.18 Å². The van der Waals surface area contributed by atoms with Crippen molar-refractivity contribution in [3.8, 4) is 28.4 Å². The molecule has 0 saturated carbocycles. The molecule has 2 aromatic carbocycles. The zero-order valence-electron chi connectivity index (χ0n) is 19.7. The van der Waals surface area contributed by atoms with Gasteiger partial charge in [-0.25, -0.2) is 14.2 Å². The van der Waals surface area contributed by atoms with Gasteiger partial charge < -0.3 is 25.6 Å². The molecule has 9 nitrogen and oxygen atoms in total. The Morgan fingerprint density at radius 2 is 2.11 bits per heavy atom. The topological polar surface area (TPSA) is 127 Å². The highest BCUT2D eigenvalue weighted by molar-refractivity contribution is 5.94.